The zero-order chi connectivity index (χ0) is 21.7. The number of methoxy groups -OCH3 is 1. The molecule has 11 heteroatoms. The van der Waals surface area contributed by atoms with Crippen LogP contribution in [0.2, 0.25) is 0 Å². The molecule has 1 aromatic heterocycles. The number of carbonyl (C=O) groups excluding carboxylic acids is 1. The standard InChI is InChI=1S/C19H17BrN6O4/c1-11-3-8-15(30-2)14(9-11)23-17-16(26(28)29)18(22-10-21-17)24-25-19(27)12-4-6-13(20)7-5-12/h3-10H,1-2H3,(H,25,27)(H2,21,22,23,24). The van der Waals surface area contributed by atoms with E-state index >= 15 is 0 Å². The summed E-state index contributed by atoms with van der Waals surface area (Å²) in [4.78, 5) is 31.2. The van der Waals surface area contributed by atoms with E-state index in [4.69, 9.17) is 4.74 Å². The maximum atomic E-state index is 12.3. The van der Waals surface area contributed by atoms with Gasteiger partial charge in [-0.05, 0) is 48.9 Å². The number of anilines is 3. The van der Waals surface area contributed by atoms with Gasteiger partial charge in [0, 0.05) is 10.0 Å². The van der Waals surface area contributed by atoms with Crippen molar-refractivity contribution in [1.82, 2.24) is 15.4 Å². The lowest BCUT2D eigenvalue weighted by molar-refractivity contribution is -0.383. The van der Waals surface area contributed by atoms with Gasteiger partial charge >= 0.3 is 5.69 Å². The first-order valence-electron chi connectivity index (χ1n) is 8.62. The molecule has 0 atom stereocenters. The molecule has 2 aromatic carbocycles. The zero-order valence-corrected chi connectivity index (χ0v) is 17.6. The predicted octanol–water partition coefficient (Wildman–Crippen LogP) is 3.96. The summed E-state index contributed by atoms with van der Waals surface area (Å²) in [5, 5.41) is 14.6. The highest BCUT2D eigenvalue weighted by Crippen LogP contribution is 2.34. The summed E-state index contributed by atoms with van der Waals surface area (Å²) in [5.74, 6) is -0.217. The molecule has 1 heterocycles. The average molecular weight is 473 g/mol. The molecule has 0 saturated carbocycles. The third-order valence-corrected chi connectivity index (χ3v) is 4.54. The second-order valence-electron chi connectivity index (χ2n) is 6.09. The summed E-state index contributed by atoms with van der Waals surface area (Å²) in [7, 11) is 1.49. The van der Waals surface area contributed by atoms with Crippen LogP contribution in [0.25, 0.3) is 0 Å². The quantitative estimate of drug-likeness (QED) is 0.347. The second kappa shape index (κ2) is 9.18. The van der Waals surface area contributed by atoms with Crippen molar-refractivity contribution >= 4 is 44.8 Å². The van der Waals surface area contributed by atoms with Crippen LogP contribution in [-0.4, -0.2) is 27.9 Å². The van der Waals surface area contributed by atoms with Gasteiger partial charge in [0.25, 0.3) is 5.91 Å². The third kappa shape index (κ3) is 4.81. The first-order valence-corrected chi connectivity index (χ1v) is 9.41. The van der Waals surface area contributed by atoms with Crippen molar-refractivity contribution in [3.05, 3.63) is 74.5 Å². The molecule has 3 aromatic rings. The van der Waals surface area contributed by atoms with Crippen LogP contribution in [-0.2, 0) is 0 Å². The SMILES string of the molecule is COc1ccc(C)cc1Nc1ncnc(NNC(=O)c2ccc(Br)cc2)c1[N+](=O)[O-]. The first kappa shape index (κ1) is 21.0. The van der Waals surface area contributed by atoms with Gasteiger partial charge in [-0.2, -0.15) is 0 Å². The number of ether oxygens (including phenoxy) is 1. The first-order chi connectivity index (χ1) is 14.4. The largest absolute Gasteiger partial charge is 0.495 e. The number of nitrogens with one attached hydrogen (secondary N) is 3. The number of aromatic nitrogens is 2. The molecule has 0 saturated heterocycles. The number of hydrogen-bond acceptors (Lipinski definition) is 8. The van der Waals surface area contributed by atoms with E-state index in [-0.39, 0.29) is 11.6 Å². The molecule has 0 aliphatic heterocycles. The van der Waals surface area contributed by atoms with E-state index in [2.05, 4.69) is 42.1 Å². The molecule has 3 rings (SSSR count). The van der Waals surface area contributed by atoms with Crippen molar-refractivity contribution in [3.63, 3.8) is 0 Å². The monoisotopic (exact) mass is 472 g/mol. The molecule has 30 heavy (non-hydrogen) atoms. The number of benzene rings is 2. The zero-order valence-electron chi connectivity index (χ0n) is 16.0. The highest BCUT2D eigenvalue weighted by molar-refractivity contribution is 9.10. The summed E-state index contributed by atoms with van der Waals surface area (Å²) in [6, 6.07) is 12.0. The smallest absolute Gasteiger partial charge is 0.355 e. The van der Waals surface area contributed by atoms with Crippen molar-refractivity contribution in [1.29, 1.82) is 0 Å². The van der Waals surface area contributed by atoms with Gasteiger partial charge in [0.05, 0.1) is 17.7 Å². The molecule has 154 valence electrons. The fraction of sp³-hybridized carbons (Fsp3) is 0.105. The molecular weight excluding hydrogens is 456 g/mol. The Bertz CT molecular complexity index is 1090. The Balaban J connectivity index is 1.86. The summed E-state index contributed by atoms with van der Waals surface area (Å²) in [6.07, 6.45) is 1.14. The Kier molecular flexibility index (Phi) is 6.42. The summed E-state index contributed by atoms with van der Waals surface area (Å²) in [5.41, 5.74) is 6.26. The van der Waals surface area contributed by atoms with E-state index in [1.807, 2.05) is 13.0 Å². The van der Waals surface area contributed by atoms with Crippen LogP contribution in [0.1, 0.15) is 15.9 Å². The van der Waals surface area contributed by atoms with Crippen molar-refractivity contribution in [2.75, 3.05) is 17.9 Å². The molecule has 0 aliphatic carbocycles. The normalized spacial score (nSPS) is 10.2. The molecule has 0 fully saturated rings. The number of carbonyl (C=O) groups is 1. The number of nitro groups is 1. The lowest BCUT2D eigenvalue weighted by Gasteiger charge is -2.13. The number of rotatable bonds is 7. The lowest BCUT2D eigenvalue weighted by Crippen LogP contribution is -2.30. The number of amides is 1. The van der Waals surface area contributed by atoms with Gasteiger partial charge in [-0.15, -0.1) is 0 Å². The molecule has 0 bridgehead atoms. The molecule has 0 radical (unpaired) electrons. The van der Waals surface area contributed by atoms with E-state index in [9.17, 15) is 14.9 Å². The van der Waals surface area contributed by atoms with Crippen LogP contribution in [0.5, 0.6) is 5.75 Å². The Morgan fingerprint density at radius 1 is 1.13 bits per heavy atom. The fourth-order valence-corrected chi connectivity index (χ4v) is 2.84. The molecular formula is C19H17BrN6O4. The van der Waals surface area contributed by atoms with Gasteiger partial charge < -0.3 is 10.1 Å². The third-order valence-electron chi connectivity index (χ3n) is 4.01. The minimum atomic E-state index is -0.640. The maximum absolute atomic E-state index is 12.3. The van der Waals surface area contributed by atoms with Crippen LogP contribution < -0.4 is 20.9 Å². The number of hydrogen-bond donors (Lipinski definition) is 3. The van der Waals surface area contributed by atoms with Crippen LogP contribution in [0.15, 0.2) is 53.3 Å². The van der Waals surface area contributed by atoms with Crippen LogP contribution in [0.3, 0.4) is 0 Å². The van der Waals surface area contributed by atoms with Crippen molar-refractivity contribution in [2.45, 2.75) is 6.92 Å². The summed E-state index contributed by atoms with van der Waals surface area (Å²) in [6.45, 7) is 1.88. The van der Waals surface area contributed by atoms with Crippen LogP contribution >= 0.6 is 15.9 Å². The molecule has 3 N–H and O–H groups in total. The molecule has 1 amide bonds. The Labute approximate surface area is 179 Å². The summed E-state index contributed by atoms with van der Waals surface area (Å²) < 4.78 is 6.11. The number of aryl methyl sites for hydroxylation is 1. The number of nitrogens with zero attached hydrogens (tertiary/aromatic N) is 3. The van der Waals surface area contributed by atoms with Gasteiger partial charge in [0.15, 0.2) is 0 Å². The number of hydrazine groups is 1. The Morgan fingerprint density at radius 3 is 2.50 bits per heavy atom. The molecule has 0 spiro atoms. The van der Waals surface area contributed by atoms with Gasteiger partial charge in [-0.3, -0.25) is 25.8 Å². The maximum Gasteiger partial charge on any atom is 0.355 e. The summed E-state index contributed by atoms with van der Waals surface area (Å²) >= 11 is 3.29. The van der Waals surface area contributed by atoms with E-state index in [1.165, 1.54) is 7.11 Å². The van der Waals surface area contributed by atoms with Crippen molar-refractivity contribution in [3.8, 4) is 5.75 Å². The molecule has 10 nitrogen and oxygen atoms in total. The average Bonchev–Trinajstić information content (AvgIpc) is 2.72. The lowest BCUT2D eigenvalue weighted by atomic mass is 10.2. The van der Waals surface area contributed by atoms with Gasteiger partial charge in [-0.1, -0.05) is 22.0 Å². The minimum Gasteiger partial charge on any atom is -0.495 e. The Morgan fingerprint density at radius 2 is 1.83 bits per heavy atom. The predicted molar refractivity (Wildman–Crippen MR) is 115 cm³/mol. The fourth-order valence-electron chi connectivity index (χ4n) is 2.57. The van der Waals surface area contributed by atoms with Crippen molar-refractivity contribution < 1.29 is 14.5 Å². The van der Waals surface area contributed by atoms with Crippen molar-refractivity contribution in [2.24, 2.45) is 0 Å². The van der Waals surface area contributed by atoms with E-state index in [1.54, 1.807) is 36.4 Å². The van der Waals surface area contributed by atoms with E-state index < -0.39 is 16.5 Å². The minimum absolute atomic E-state index is 0.0562. The molecule has 0 aliphatic rings. The van der Waals surface area contributed by atoms with Gasteiger partial charge in [0.2, 0.25) is 11.6 Å². The highest BCUT2D eigenvalue weighted by atomic mass is 79.9. The Hall–Kier alpha value is -3.73. The number of halogens is 1. The van der Waals surface area contributed by atoms with Crippen LogP contribution in [0, 0.1) is 17.0 Å². The van der Waals surface area contributed by atoms with Gasteiger partial charge in [-0.25, -0.2) is 9.97 Å². The highest BCUT2D eigenvalue weighted by Gasteiger charge is 2.24. The van der Waals surface area contributed by atoms with Crippen LogP contribution in [0.4, 0.5) is 23.0 Å². The topological polar surface area (TPSA) is 131 Å². The van der Waals surface area contributed by atoms with E-state index in [0.29, 0.717) is 17.0 Å². The molecule has 0 unspecified atom stereocenters. The van der Waals surface area contributed by atoms with E-state index in [0.717, 1.165) is 16.4 Å². The van der Waals surface area contributed by atoms with Gasteiger partial charge in [0.1, 0.15) is 12.1 Å². The second-order valence-corrected chi connectivity index (χ2v) is 7.01.